The van der Waals surface area contributed by atoms with Crippen LogP contribution in [0.25, 0.3) is 0 Å². The topological polar surface area (TPSA) is 105 Å². The number of halogens is 2. The van der Waals surface area contributed by atoms with Gasteiger partial charge in [-0.15, -0.1) is 0 Å². The lowest BCUT2D eigenvalue weighted by atomic mass is 9.81. The van der Waals surface area contributed by atoms with E-state index in [2.05, 4.69) is 12.6 Å². The molecule has 13 heteroatoms. The van der Waals surface area contributed by atoms with Gasteiger partial charge in [0.25, 0.3) is 0 Å². The maximum Gasteiger partial charge on any atom is 0.407 e. The summed E-state index contributed by atoms with van der Waals surface area (Å²) in [5.41, 5.74) is -5.45. The quantitative estimate of drug-likeness (QED) is 0.221. The average molecular weight is 537 g/mol. The summed E-state index contributed by atoms with van der Waals surface area (Å²) < 4.78 is 74.4. The van der Waals surface area contributed by atoms with Crippen LogP contribution in [-0.4, -0.2) is 54.6 Å². The molecule has 194 valence electrons. The number of carbonyl (C=O) groups is 2. The number of carbonyl (C=O) groups excluding carboxylic acids is 2. The van der Waals surface area contributed by atoms with Gasteiger partial charge in [-0.2, -0.15) is 21.4 Å². The van der Waals surface area contributed by atoms with Crippen LogP contribution in [0.4, 0.5) is 8.78 Å². The predicted molar refractivity (Wildman–Crippen MR) is 124 cm³/mol. The zero-order valence-electron chi connectivity index (χ0n) is 20.1. The van der Waals surface area contributed by atoms with Gasteiger partial charge in [0.2, 0.25) is 5.78 Å². The molecule has 0 aliphatic carbocycles. The lowest BCUT2D eigenvalue weighted by Gasteiger charge is -2.41. The zero-order valence-corrected chi connectivity index (χ0v) is 22.8. The minimum absolute atomic E-state index is 0.193. The van der Waals surface area contributed by atoms with Crippen molar-refractivity contribution in [3.8, 4) is 0 Å². The molecule has 1 aliphatic heterocycles. The maximum atomic E-state index is 15.2. The van der Waals surface area contributed by atoms with Crippen molar-refractivity contribution in [1.29, 1.82) is 0 Å². The third kappa shape index (κ3) is 7.92. The van der Waals surface area contributed by atoms with Crippen LogP contribution in [0.15, 0.2) is 0 Å². The normalized spacial score (nSPS) is 26.2. The van der Waals surface area contributed by atoms with Crippen LogP contribution in [0.3, 0.4) is 0 Å². The van der Waals surface area contributed by atoms with E-state index in [-0.39, 0.29) is 50.7 Å². The Labute approximate surface area is 200 Å². The summed E-state index contributed by atoms with van der Waals surface area (Å²) in [4.78, 5) is 24.8. The molecule has 0 bridgehead atoms. The van der Waals surface area contributed by atoms with E-state index in [1.54, 1.807) is 34.6 Å². The van der Waals surface area contributed by atoms with Gasteiger partial charge in [-0.25, -0.2) is 0 Å². The van der Waals surface area contributed by atoms with Crippen LogP contribution >= 0.6 is 27.8 Å². The molecule has 0 saturated carbocycles. The van der Waals surface area contributed by atoms with Gasteiger partial charge < -0.3 is 18.1 Å². The largest absolute Gasteiger partial charge is 0.407 e. The van der Waals surface area contributed by atoms with Crippen molar-refractivity contribution in [2.24, 2.45) is 11.3 Å². The lowest BCUT2D eigenvalue weighted by molar-refractivity contribution is -0.139. The van der Waals surface area contributed by atoms with Gasteiger partial charge in [-0.05, 0) is 26.2 Å². The molecule has 0 amide bonds. The standard InChI is InChI=1S/C20H36F2O8P2S/c1-7-9-27-32(26,28-10-8-2)20(21,22)17(24)19(6,33)12-18(5)13-29-31(25,30-14-18)11-16(23)15(3)4/h15,33H,7-14H2,1-6H3. The average Bonchev–Trinajstić information content (AvgIpc) is 2.72. The predicted octanol–water partition coefficient (Wildman–Crippen LogP) is 5.74. The number of hydrogen-bond acceptors (Lipinski definition) is 9. The molecule has 1 atom stereocenters. The first-order chi connectivity index (χ1) is 15.0. The molecule has 0 radical (unpaired) electrons. The van der Waals surface area contributed by atoms with Crippen LogP contribution < -0.4 is 0 Å². The second-order valence-corrected chi connectivity index (χ2v) is 14.3. The van der Waals surface area contributed by atoms with E-state index < -0.39 is 36.8 Å². The smallest absolute Gasteiger partial charge is 0.308 e. The summed E-state index contributed by atoms with van der Waals surface area (Å²) in [7, 11) is -8.77. The van der Waals surface area contributed by atoms with Gasteiger partial charge in [0.1, 0.15) is 11.9 Å². The van der Waals surface area contributed by atoms with E-state index in [1.165, 1.54) is 6.92 Å². The Bertz CT molecular complexity index is 779. The minimum atomic E-state index is -5.11. The summed E-state index contributed by atoms with van der Waals surface area (Å²) in [6.07, 6.45) is -0.0537. The number of thiol groups is 1. The van der Waals surface area contributed by atoms with Crippen molar-refractivity contribution in [2.75, 3.05) is 32.6 Å². The first-order valence-corrected chi connectivity index (χ1v) is 14.6. The third-order valence-electron chi connectivity index (χ3n) is 5.02. The second-order valence-electron chi connectivity index (χ2n) is 9.23. The monoisotopic (exact) mass is 536 g/mol. The maximum absolute atomic E-state index is 15.2. The summed E-state index contributed by atoms with van der Waals surface area (Å²) in [5, 5.41) is 0. The summed E-state index contributed by atoms with van der Waals surface area (Å²) in [5.74, 6) is -2.35. The molecule has 1 fully saturated rings. The van der Waals surface area contributed by atoms with Crippen LogP contribution in [0, 0.1) is 11.3 Å². The molecule has 1 unspecified atom stereocenters. The fourth-order valence-corrected chi connectivity index (χ4v) is 7.51. The Hall–Kier alpha value is -0.150. The van der Waals surface area contributed by atoms with Crippen LogP contribution in [0.2, 0.25) is 0 Å². The van der Waals surface area contributed by atoms with Crippen molar-refractivity contribution in [1.82, 2.24) is 0 Å². The summed E-state index contributed by atoms with van der Waals surface area (Å²) in [6, 6.07) is 0. The van der Waals surface area contributed by atoms with Crippen molar-refractivity contribution < 1.29 is 45.6 Å². The van der Waals surface area contributed by atoms with Gasteiger partial charge in [-0.3, -0.25) is 18.7 Å². The molecule has 0 N–H and O–H groups in total. The molecule has 0 aromatic carbocycles. The number of rotatable bonds is 14. The van der Waals surface area contributed by atoms with Crippen molar-refractivity contribution >= 4 is 39.4 Å². The number of Topliss-reactive ketones (excluding diaryl/α,β-unsaturated/α-hetero) is 2. The Morgan fingerprint density at radius 3 is 2.00 bits per heavy atom. The fraction of sp³-hybridized carbons (Fsp3) is 0.900. The third-order valence-corrected chi connectivity index (χ3v) is 9.06. The molecular weight excluding hydrogens is 500 g/mol. The number of hydrogen-bond donors (Lipinski definition) is 1. The highest BCUT2D eigenvalue weighted by Crippen LogP contribution is 2.64. The van der Waals surface area contributed by atoms with Gasteiger partial charge in [0.15, 0.2) is 0 Å². The van der Waals surface area contributed by atoms with Crippen molar-refractivity contribution in [3.05, 3.63) is 0 Å². The highest BCUT2D eigenvalue weighted by Gasteiger charge is 2.64. The van der Waals surface area contributed by atoms with Crippen LogP contribution in [-0.2, 0) is 36.8 Å². The molecule has 0 spiro atoms. The molecule has 1 aliphatic rings. The van der Waals surface area contributed by atoms with Crippen molar-refractivity contribution in [2.45, 2.75) is 71.2 Å². The molecule has 33 heavy (non-hydrogen) atoms. The summed E-state index contributed by atoms with van der Waals surface area (Å²) in [6.45, 7) is 8.46. The van der Waals surface area contributed by atoms with E-state index >= 15 is 8.78 Å². The SMILES string of the molecule is CCCOP(=O)(OCCC)C(F)(F)C(=O)C(C)(S)CC1(C)COP(=O)(CC(=O)C(C)C)OC1. The van der Waals surface area contributed by atoms with Gasteiger partial charge in [0, 0.05) is 11.3 Å². The number of alkyl halides is 2. The van der Waals surface area contributed by atoms with Crippen LogP contribution in [0.5, 0.6) is 0 Å². The molecule has 8 nitrogen and oxygen atoms in total. The fourth-order valence-electron chi connectivity index (χ4n) is 3.14. The molecule has 0 aromatic rings. The molecule has 1 heterocycles. The Kier molecular flexibility index (Phi) is 11.0. The van der Waals surface area contributed by atoms with Gasteiger partial charge >= 0.3 is 20.9 Å². The van der Waals surface area contributed by atoms with Gasteiger partial charge in [0.05, 0.1) is 31.2 Å². The van der Waals surface area contributed by atoms with E-state index in [4.69, 9.17) is 18.1 Å². The number of ketones is 2. The first kappa shape index (κ1) is 30.9. The molecular formula is C20H36F2O8P2S. The Morgan fingerprint density at radius 2 is 1.61 bits per heavy atom. The molecule has 0 aromatic heterocycles. The minimum Gasteiger partial charge on any atom is -0.308 e. The Morgan fingerprint density at radius 1 is 1.15 bits per heavy atom. The highest BCUT2D eigenvalue weighted by molar-refractivity contribution is 7.82. The van der Waals surface area contributed by atoms with Crippen molar-refractivity contribution in [3.63, 3.8) is 0 Å². The molecule has 1 saturated heterocycles. The van der Waals surface area contributed by atoms with Crippen LogP contribution in [0.1, 0.15) is 60.8 Å². The molecule has 1 rings (SSSR count). The zero-order chi connectivity index (χ0) is 25.7. The Balaban J connectivity index is 3.01. The van der Waals surface area contributed by atoms with E-state index in [1.807, 2.05) is 0 Å². The second kappa shape index (κ2) is 11.7. The van der Waals surface area contributed by atoms with E-state index in [0.717, 1.165) is 0 Å². The highest BCUT2D eigenvalue weighted by atomic mass is 32.1. The van der Waals surface area contributed by atoms with E-state index in [9.17, 15) is 18.7 Å². The van der Waals surface area contributed by atoms with E-state index in [0.29, 0.717) is 12.8 Å². The summed E-state index contributed by atoms with van der Waals surface area (Å²) >= 11 is 4.18. The lowest BCUT2D eigenvalue weighted by Crippen LogP contribution is -2.48. The first-order valence-electron chi connectivity index (χ1n) is 10.9. The van der Waals surface area contributed by atoms with Gasteiger partial charge in [-0.1, -0.05) is 34.6 Å².